The van der Waals surface area contributed by atoms with E-state index < -0.39 is 0 Å². The molecule has 100 valence electrons. The Balaban J connectivity index is 2.46. The van der Waals surface area contributed by atoms with Crippen LogP contribution in [0.4, 0.5) is 5.69 Å². The van der Waals surface area contributed by atoms with Crippen molar-refractivity contribution in [2.45, 2.75) is 6.92 Å². The number of likely N-dealkylation sites (N-methyl/N-ethyl adjacent to an activating group) is 2. The lowest BCUT2D eigenvalue weighted by Gasteiger charge is -2.16. The Labute approximate surface area is 117 Å². The summed E-state index contributed by atoms with van der Waals surface area (Å²) in [6, 6.07) is 5.79. The van der Waals surface area contributed by atoms with Gasteiger partial charge < -0.3 is 10.6 Å². The van der Waals surface area contributed by atoms with E-state index in [9.17, 15) is 4.79 Å². The molecule has 4 nitrogen and oxygen atoms in total. The molecule has 0 heterocycles. The number of rotatable bonds is 6. The Morgan fingerprint density at radius 1 is 1.44 bits per heavy atom. The zero-order valence-corrected chi connectivity index (χ0v) is 12.7. The maximum atomic E-state index is 11.8. The molecule has 0 aliphatic heterocycles. The molecule has 2 N–H and O–H groups in total. The lowest BCUT2D eigenvalue weighted by atomic mass is 10.2. The molecule has 0 fully saturated rings. The summed E-state index contributed by atoms with van der Waals surface area (Å²) in [4.78, 5) is 13.8. The zero-order chi connectivity index (χ0) is 13.5. The van der Waals surface area contributed by atoms with Crippen LogP contribution < -0.4 is 10.6 Å². The maximum Gasteiger partial charge on any atom is 0.238 e. The highest BCUT2D eigenvalue weighted by atomic mass is 79.9. The summed E-state index contributed by atoms with van der Waals surface area (Å²) in [6.07, 6.45) is 0. The first-order chi connectivity index (χ1) is 8.52. The topological polar surface area (TPSA) is 44.4 Å². The Morgan fingerprint density at radius 3 is 2.78 bits per heavy atom. The molecule has 0 atom stereocenters. The summed E-state index contributed by atoms with van der Waals surface area (Å²) >= 11 is 3.44. The van der Waals surface area contributed by atoms with Crippen molar-refractivity contribution in [2.24, 2.45) is 0 Å². The van der Waals surface area contributed by atoms with Crippen molar-refractivity contribution >= 4 is 27.5 Å². The van der Waals surface area contributed by atoms with Crippen LogP contribution in [-0.2, 0) is 4.79 Å². The summed E-state index contributed by atoms with van der Waals surface area (Å²) in [5.41, 5.74) is 1.94. The third kappa shape index (κ3) is 5.16. The molecule has 1 rings (SSSR count). The van der Waals surface area contributed by atoms with Crippen LogP contribution in [-0.4, -0.2) is 44.5 Å². The predicted octanol–water partition coefficient (Wildman–Crippen LogP) is 1.85. The minimum Gasteiger partial charge on any atom is -0.325 e. The number of carbonyl (C=O) groups excluding carboxylic acids is 1. The lowest BCUT2D eigenvalue weighted by Crippen LogP contribution is -2.34. The Bertz CT molecular complexity index is 409. The average molecular weight is 314 g/mol. The van der Waals surface area contributed by atoms with Gasteiger partial charge in [-0.3, -0.25) is 9.69 Å². The van der Waals surface area contributed by atoms with Crippen LogP contribution in [0.5, 0.6) is 0 Å². The largest absolute Gasteiger partial charge is 0.325 e. The fraction of sp³-hybridized carbons (Fsp3) is 0.462. The molecule has 5 heteroatoms. The number of carbonyl (C=O) groups is 1. The van der Waals surface area contributed by atoms with E-state index in [4.69, 9.17) is 0 Å². The molecule has 1 aromatic carbocycles. The summed E-state index contributed by atoms with van der Waals surface area (Å²) in [5.74, 6) is 0.00956. The number of anilines is 1. The molecule has 1 aromatic rings. The molecule has 0 bridgehead atoms. The number of nitrogens with one attached hydrogen (secondary N) is 2. The highest BCUT2D eigenvalue weighted by Crippen LogP contribution is 2.19. The number of nitrogens with zero attached hydrogens (tertiary/aromatic N) is 1. The summed E-state index contributed by atoms with van der Waals surface area (Å²) in [7, 11) is 3.84. The number of hydrogen-bond donors (Lipinski definition) is 2. The van der Waals surface area contributed by atoms with E-state index in [1.807, 2.05) is 44.1 Å². The molecule has 0 radical (unpaired) electrons. The van der Waals surface area contributed by atoms with Gasteiger partial charge in [0.1, 0.15) is 0 Å². The van der Waals surface area contributed by atoms with E-state index in [1.54, 1.807) is 0 Å². The number of hydrogen-bond acceptors (Lipinski definition) is 3. The number of halogens is 1. The van der Waals surface area contributed by atoms with Gasteiger partial charge in [0.05, 0.1) is 6.54 Å². The van der Waals surface area contributed by atoms with Gasteiger partial charge in [0, 0.05) is 23.2 Å². The van der Waals surface area contributed by atoms with Gasteiger partial charge in [-0.15, -0.1) is 0 Å². The van der Waals surface area contributed by atoms with Crippen LogP contribution in [0.25, 0.3) is 0 Å². The van der Waals surface area contributed by atoms with Crippen molar-refractivity contribution in [2.75, 3.05) is 39.0 Å². The van der Waals surface area contributed by atoms with Gasteiger partial charge in [-0.05, 0) is 44.8 Å². The van der Waals surface area contributed by atoms with Crippen molar-refractivity contribution in [3.63, 3.8) is 0 Å². The molecule has 0 saturated heterocycles. The van der Waals surface area contributed by atoms with Crippen molar-refractivity contribution in [3.05, 3.63) is 28.2 Å². The molecule has 0 saturated carbocycles. The first-order valence-corrected chi connectivity index (χ1v) is 6.71. The van der Waals surface area contributed by atoms with Gasteiger partial charge >= 0.3 is 0 Å². The molecule has 18 heavy (non-hydrogen) atoms. The molecule has 0 unspecified atom stereocenters. The van der Waals surface area contributed by atoms with Crippen LogP contribution in [0.15, 0.2) is 22.7 Å². The molecule has 1 amide bonds. The van der Waals surface area contributed by atoms with Gasteiger partial charge in [-0.25, -0.2) is 0 Å². The molecular weight excluding hydrogens is 294 g/mol. The van der Waals surface area contributed by atoms with Crippen LogP contribution in [0.1, 0.15) is 5.56 Å². The second kappa shape index (κ2) is 7.51. The monoisotopic (exact) mass is 313 g/mol. The zero-order valence-electron chi connectivity index (χ0n) is 11.1. The SMILES string of the molecule is CNCCN(C)CC(=O)Nc1ccc(Br)c(C)c1. The van der Waals surface area contributed by atoms with E-state index in [1.165, 1.54) is 0 Å². The first-order valence-electron chi connectivity index (χ1n) is 5.92. The van der Waals surface area contributed by atoms with Crippen LogP contribution in [0.2, 0.25) is 0 Å². The van der Waals surface area contributed by atoms with Gasteiger partial charge in [0.2, 0.25) is 5.91 Å². The van der Waals surface area contributed by atoms with Crippen LogP contribution >= 0.6 is 15.9 Å². The molecule has 0 spiro atoms. The number of amides is 1. The van der Waals surface area contributed by atoms with Gasteiger partial charge in [-0.1, -0.05) is 15.9 Å². The third-order valence-electron chi connectivity index (χ3n) is 2.60. The van der Waals surface area contributed by atoms with Crippen molar-refractivity contribution < 1.29 is 4.79 Å². The molecule has 0 aliphatic carbocycles. The van der Waals surface area contributed by atoms with Gasteiger partial charge in [0.25, 0.3) is 0 Å². The number of benzene rings is 1. The Hall–Kier alpha value is -0.910. The maximum absolute atomic E-state index is 11.8. The third-order valence-corrected chi connectivity index (χ3v) is 3.49. The smallest absolute Gasteiger partial charge is 0.238 e. The van der Waals surface area contributed by atoms with Gasteiger partial charge in [0.15, 0.2) is 0 Å². The minimum absolute atomic E-state index is 0.00956. The first kappa shape index (κ1) is 15.1. The molecule has 0 aliphatic rings. The molecular formula is C13H20BrN3O. The molecule has 0 aromatic heterocycles. The fourth-order valence-electron chi connectivity index (χ4n) is 1.55. The Morgan fingerprint density at radius 2 is 2.17 bits per heavy atom. The van der Waals surface area contributed by atoms with E-state index in [2.05, 4.69) is 26.6 Å². The fourth-order valence-corrected chi connectivity index (χ4v) is 1.80. The van der Waals surface area contributed by atoms with Crippen LogP contribution in [0, 0.1) is 6.92 Å². The van der Waals surface area contributed by atoms with Crippen molar-refractivity contribution in [1.29, 1.82) is 0 Å². The highest BCUT2D eigenvalue weighted by Gasteiger charge is 2.07. The quantitative estimate of drug-likeness (QED) is 0.842. The van der Waals surface area contributed by atoms with E-state index in [0.717, 1.165) is 28.8 Å². The minimum atomic E-state index is 0.00956. The van der Waals surface area contributed by atoms with E-state index in [0.29, 0.717) is 6.54 Å². The standard InChI is InChI=1S/C13H20BrN3O/c1-10-8-11(4-5-12(10)14)16-13(18)9-17(3)7-6-15-2/h4-5,8,15H,6-7,9H2,1-3H3,(H,16,18). The lowest BCUT2D eigenvalue weighted by molar-refractivity contribution is -0.117. The van der Waals surface area contributed by atoms with Crippen molar-refractivity contribution in [1.82, 2.24) is 10.2 Å². The van der Waals surface area contributed by atoms with Crippen molar-refractivity contribution in [3.8, 4) is 0 Å². The van der Waals surface area contributed by atoms with E-state index >= 15 is 0 Å². The highest BCUT2D eigenvalue weighted by molar-refractivity contribution is 9.10. The van der Waals surface area contributed by atoms with Gasteiger partial charge in [-0.2, -0.15) is 0 Å². The second-order valence-electron chi connectivity index (χ2n) is 4.35. The van der Waals surface area contributed by atoms with E-state index in [-0.39, 0.29) is 5.91 Å². The number of aryl methyl sites for hydroxylation is 1. The summed E-state index contributed by atoms with van der Waals surface area (Å²) in [5, 5.41) is 5.95. The predicted molar refractivity (Wildman–Crippen MR) is 78.9 cm³/mol. The summed E-state index contributed by atoms with van der Waals surface area (Å²) in [6.45, 7) is 4.13. The second-order valence-corrected chi connectivity index (χ2v) is 5.21. The average Bonchev–Trinajstić information content (AvgIpc) is 2.31. The Kier molecular flexibility index (Phi) is 6.32. The van der Waals surface area contributed by atoms with Crippen LogP contribution in [0.3, 0.4) is 0 Å². The normalized spacial score (nSPS) is 10.7. The summed E-state index contributed by atoms with van der Waals surface area (Å²) < 4.78 is 1.05.